The number of benzene rings is 1. The smallest absolute Gasteiger partial charge is 0.132 e. The number of hydrogen-bond acceptors (Lipinski definition) is 6. The van der Waals surface area contributed by atoms with E-state index in [-0.39, 0.29) is 11.7 Å². The number of hydrogen-bond donors (Lipinski definition) is 2. The van der Waals surface area contributed by atoms with Crippen LogP contribution in [0, 0.1) is 25.2 Å². The molecule has 0 saturated heterocycles. The zero-order chi connectivity index (χ0) is 21.8. The summed E-state index contributed by atoms with van der Waals surface area (Å²) in [5, 5.41) is 1.01. The average molecular weight is 428 g/mol. The van der Waals surface area contributed by atoms with Gasteiger partial charge in [0, 0.05) is 11.7 Å². The molecule has 30 heavy (non-hydrogen) atoms. The lowest BCUT2D eigenvalue weighted by atomic mass is 9.71. The van der Waals surface area contributed by atoms with Crippen LogP contribution in [-0.4, -0.2) is 28.4 Å². The van der Waals surface area contributed by atoms with Gasteiger partial charge in [-0.2, -0.15) is 0 Å². The Labute approximate surface area is 186 Å². The Morgan fingerprint density at radius 1 is 1.00 bits per heavy atom. The molecule has 0 amide bonds. The minimum Gasteiger partial charge on any atom is -0.342 e. The van der Waals surface area contributed by atoms with Crippen LogP contribution in [0.1, 0.15) is 64.5 Å². The minimum absolute atomic E-state index is 0.105. The van der Waals surface area contributed by atoms with Gasteiger partial charge in [0.25, 0.3) is 0 Å². The first-order valence-corrected chi connectivity index (χ1v) is 12.1. The summed E-state index contributed by atoms with van der Waals surface area (Å²) in [5.41, 5.74) is 18.6. The molecule has 0 spiro atoms. The van der Waals surface area contributed by atoms with E-state index in [9.17, 15) is 0 Å². The number of rotatable bonds is 2. The van der Waals surface area contributed by atoms with Crippen LogP contribution in [-0.2, 0) is 0 Å². The van der Waals surface area contributed by atoms with Gasteiger partial charge in [0.2, 0.25) is 0 Å². The molecule has 0 radical (unpaired) electrons. The molecule has 6 heteroatoms. The number of nitrogens with zero attached hydrogens (tertiary/aromatic N) is 3. The molecule has 3 aliphatic rings. The van der Waals surface area contributed by atoms with E-state index in [1.165, 1.54) is 42.5 Å². The number of anilines is 1. The van der Waals surface area contributed by atoms with Crippen LogP contribution in [0.15, 0.2) is 33.9 Å². The normalized spacial score (nSPS) is 29.9. The third kappa shape index (κ3) is 3.67. The molecule has 4 N–H and O–H groups in total. The number of nitrogens with two attached hydrogens (primary N) is 2. The van der Waals surface area contributed by atoms with Gasteiger partial charge in [0.05, 0.1) is 5.70 Å². The summed E-state index contributed by atoms with van der Waals surface area (Å²) in [6.45, 7) is 13.5. The van der Waals surface area contributed by atoms with Gasteiger partial charge in [0.1, 0.15) is 22.5 Å². The summed E-state index contributed by atoms with van der Waals surface area (Å²) in [4.78, 5) is 9.58. The highest BCUT2D eigenvalue weighted by Crippen LogP contribution is 2.47. The Morgan fingerprint density at radius 3 is 2.17 bits per heavy atom. The number of thioether (sulfide) groups is 1. The summed E-state index contributed by atoms with van der Waals surface area (Å²) in [7, 11) is 0. The van der Waals surface area contributed by atoms with Crippen LogP contribution < -0.4 is 16.4 Å². The maximum absolute atomic E-state index is 6.96. The molecule has 1 aromatic rings. The molecule has 1 aliphatic carbocycles. The van der Waals surface area contributed by atoms with Crippen LogP contribution in [0.4, 0.5) is 5.69 Å². The Kier molecular flexibility index (Phi) is 5.71. The van der Waals surface area contributed by atoms with E-state index in [0.717, 1.165) is 22.5 Å². The average Bonchev–Trinajstić information content (AvgIpc) is 2.99. The second-order valence-electron chi connectivity index (χ2n) is 10.2. The van der Waals surface area contributed by atoms with E-state index >= 15 is 0 Å². The van der Waals surface area contributed by atoms with E-state index < -0.39 is 0 Å². The summed E-state index contributed by atoms with van der Waals surface area (Å²) in [5.74, 6) is 1.72. The monoisotopic (exact) mass is 427 g/mol. The van der Waals surface area contributed by atoms with Crippen molar-refractivity contribution in [1.82, 2.24) is 4.90 Å². The first-order valence-electron chi connectivity index (χ1n) is 11.2. The van der Waals surface area contributed by atoms with Crippen LogP contribution in [0.5, 0.6) is 0 Å². The van der Waals surface area contributed by atoms with Crippen molar-refractivity contribution < 1.29 is 0 Å². The molecule has 0 bridgehead atoms. The van der Waals surface area contributed by atoms with E-state index in [4.69, 9.17) is 16.5 Å². The quantitative estimate of drug-likeness (QED) is 0.703. The fraction of sp³-hybridized carbons (Fsp3) is 0.625. The molecule has 2 heterocycles. The molecule has 1 fully saturated rings. The molecule has 1 aromatic carbocycles. The standard InChI is InChI=1S/C24H37N5S/c1-14-8-7-9-15(2)19(14)28-16(3)27-22-20(21(28)25)29(23(26)30-22)18-12-10-17(11-13-18)24(4,5)6/h7-9,17-18,21,23H,10-13,25-26H2,1-6H3. The molecule has 164 valence electrons. The molecule has 1 saturated carbocycles. The largest absolute Gasteiger partial charge is 0.342 e. The van der Waals surface area contributed by atoms with E-state index in [1.54, 1.807) is 11.8 Å². The lowest BCUT2D eigenvalue weighted by Gasteiger charge is -2.45. The van der Waals surface area contributed by atoms with Crippen molar-refractivity contribution in [3.63, 3.8) is 0 Å². The van der Waals surface area contributed by atoms with Crippen molar-refractivity contribution in [3.8, 4) is 0 Å². The summed E-state index contributed by atoms with van der Waals surface area (Å²) in [6, 6.07) is 6.83. The number of aliphatic imine (C=N–C) groups is 1. The molecule has 2 aliphatic heterocycles. The topological polar surface area (TPSA) is 70.9 Å². The second-order valence-corrected chi connectivity index (χ2v) is 11.3. The van der Waals surface area contributed by atoms with E-state index in [2.05, 4.69) is 69.5 Å². The van der Waals surface area contributed by atoms with Gasteiger partial charge in [-0.1, -0.05) is 50.7 Å². The maximum atomic E-state index is 6.96. The van der Waals surface area contributed by atoms with Crippen molar-refractivity contribution in [2.75, 3.05) is 4.90 Å². The van der Waals surface area contributed by atoms with Crippen LogP contribution in [0.25, 0.3) is 0 Å². The number of amidine groups is 1. The first-order chi connectivity index (χ1) is 14.1. The summed E-state index contributed by atoms with van der Waals surface area (Å²) >= 11 is 1.66. The van der Waals surface area contributed by atoms with Crippen molar-refractivity contribution in [2.24, 2.45) is 27.8 Å². The highest BCUT2D eigenvalue weighted by molar-refractivity contribution is 8.03. The molecule has 2 unspecified atom stereocenters. The van der Waals surface area contributed by atoms with Crippen LogP contribution >= 0.6 is 11.8 Å². The zero-order valence-electron chi connectivity index (χ0n) is 19.3. The molecule has 2 atom stereocenters. The fourth-order valence-corrected chi connectivity index (χ4v) is 6.64. The second kappa shape index (κ2) is 7.88. The highest BCUT2D eigenvalue weighted by Gasteiger charge is 2.44. The molecular formula is C24H37N5S. The van der Waals surface area contributed by atoms with Gasteiger partial charge in [-0.15, -0.1) is 0 Å². The Morgan fingerprint density at radius 2 is 1.60 bits per heavy atom. The van der Waals surface area contributed by atoms with Gasteiger partial charge in [-0.05, 0) is 68.9 Å². The number of para-hydroxylation sites is 1. The maximum Gasteiger partial charge on any atom is 0.132 e. The predicted octanol–water partition coefficient (Wildman–Crippen LogP) is 4.89. The van der Waals surface area contributed by atoms with Gasteiger partial charge >= 0.3 is 0 Å². The lowest BCUT2D eigenvalue weighted by molar-refractivity contribution is 0.108. The SMILES string of the molecule is CC1=NC2=C(C(N)N1c1c(C)cccc1C)N(C1CCC(C(C)(C)C)CC1)C(N)S2. The predicted molar refractivity (Wildman–Crippen MR) is 129 cm³/mol. The van der Waals surface area contributed by atoms with Gasteiger partial charge < -0.3 is 21.3 Å². The van der Waals surface area contributed by atoms with Crippen LogP contribution in [0.2, 0.25) is 0 Å². The first kappa shape index (κ1) is 21.7. The van der Waals surface area contributed by atoms with E-state index in [1.807, 2.05) is 0 Å². The molecular weight excluding hydrogens is 390 g/mol. The number of aryl methyl sites for hydroxylation is 2. The Hall–Kier alpha value is -1.50. The summed E-state index contributed by atoms with van der Waals surface area (Å²) < 4.78 is 0. The van der Waals surface area contributed by atoms with Crippen molar-refractivity contribution >= 4 is 23.3 Å². The zero-order valence-corrected chi connectivity index (χ0v) is 20.1. The van der Waals surface area contributed by atoms with E-state index in [0.29, 0.717) is 11.5 Å². The molecule has 0 aromatic heterocycles. The fourth-order valence-electron chi connectivity index (χ4n) is 5.48. The Balaban J connectivity index is 1.64. The Bertz CT molecular complexity index is 856. The minimum atomic E-state index is -0.265. The van der Waals surface area contributed by atoms with Crippen molar-refractivity contribution in [2.45, 2.75) is 84.9 Å². The third-order valence-corrected chi connectivity index (χ3v) is 8.16. The van der Waals surface area contributed by atoms with Gasteiger partial charge in [-0.25, -0.2) is 4.99 Å². The molecule has 4 rings (SSSR count). The third-order valence-electron chi connectivity index (χ3n) is 7.17. The summed E-state index contributed by atoms with van der Waals surface area (Å²) in [6.07, 6.45) is 4.59. The van der Waals surface area contributed by atoms with Gasteiger partial charge in [0.15, 0.2) is 0 Å². The molecule has 5 nitrogen and oxygen atoms in total. The van der Waals surface area contributed by atoms with Crippen LogP contribution in [0.3, 0.4) is 0 Å². The highest BCUT2D eigenvalue weighted by atomic mass is 32.2. The lowest BCUT2D eigenvalue weighted by Crippen LogP contribution is -2.55. The van der Waals surface area contributed by atoms with Gasteiger partial charge in [-0.3, -0.25) is 0 Å². The van der Waals surface area contributed by atoms with Crippen molar-refractivity contribution in [3.05, 3.63) is 40.1 Å². The van der Waals surface area contributed by atoms with Crippen molar-refractivity contribution in [1.29, 1.82) is 0 Å².